The second-order valence-corrected chi connectivity index (χ2v) is 9.10. The maximum Gasteiger partial charge on any atom is 0.144 e. The lowest BCUT2D eigenvalue weighted by atomic mass is 9.96. The molecule has 0 radical (unpaired) electrons. The lowest BCUT2D eigenvalue weighted by Crippen LogP contribution is -1.97. The fraction of sp³-hybridized carbons (Fsp3) is 0.231. The van der Waals surface area contributed by atoms with Crippen molar-refractivity contribution in [2.75, 3.05) is 42.7 Å². The van der Waals surface area contributed by atoms with Gasteiger partial charge >= 0.3 is 0 Å². The van der Waals surface area contributed by atoms with Gasteiger partial charge in [-0.2, -0.15) is 0 Å². The van der Waals surface area contributed by atoms with Gasteiger partial charge in [0.1, 0.15) is 34.5 Å². The molecule has 0 saturated heterocycles. The molecule has 0 atom stereocenters. The zero-order valence-electron chi connectivity index (χ0n) is 19.7. The van der Waals surface area contributed by atoms with Crippen LogP contribution in [0.2, 0.25) is 0 Å². The number of hydrogen-bond donors (Lipinski definition) is 0. The maximum atomic E-state index is 5.79. The van der Waals surface area contributed by atoms with Gasteiger partial charge in [-0.05, 0) is 79.4 Å². The highest BCUT2D eigenvalue weighted by molar-refractivity contribution is 9.11. The molecule has 0 aliphatic carbocycles. The molecule has 0 heterocycles. The van der Waals surface area contributed by atoms with Crippen molar-refractivity contribution in [3.8, 4) is 45.6 Å². The summed E-state index contributed by atoms with van der Waals surface area (Å²) in [5, 5.41) is 3.35. The Morgan fingerprint density at radius 2 is 0.794 bits per heavy atom. The van der Waals surface area contributed by atoms with Gasteiger partial charge in [0.25, 0.3) is 0 Å². The van der Waals surface area contributed by atoms with Crippen LogP contribution in [0.5, 0.6) is 34.5 Å². The number of halogens is 2. The first kappa shape index (κ1) is 24.3. The molecule has 0 saturated carbocycles. The van der Waals surface area contributed by atoms with Crippen LogP contribution in [0, 0.1) is 0 Å². The minimum atomic E-state index is 0.656. The van der Waals surface area contributed by atoms with Crippen LogP contribution in [0.15, 0.2) is 45.3 Å². The molecule has 8 heteroatoms. The van der Waals surface area contributed by atoms with E-state index in [1.54, 1.807) is 42.7 Å². The first-order valence-corrected chi connectivity index (χ1v) is 11.9. The van der Waals surface area contributed by atoms with Gasteiger partial charge in [-0.25, -0.2) is 0 Å². The van der Waals surface area contributed by atoms with Crippen molar-refractivity contribution in [2.45, 2.75) is 0 Å². The van der Waals surface area contributed by atoms with E-state index in [4.69, 9.17) is 28.4 Å². The minimum absolute atomic E-state index is 0.656. The monoisotopic (exact) mass is 590 g/mol. The summed E-state index contributed by atoms with van der Waals surface area (Å²) >= 11 is 7.14. The Labute approximate surface area is 214 Å². The second-order valence-electron chi connectivity index (χ2n) is 7.39. The quantitative estimate of drug-likeness (QED) is 0.226. The molecular weight excluding hydrogens is 568 g/mol. The third kappa shape index (κ3) is 3.88. The van der Waals surface area contributed by atoms with Gasteiger partial charge < -0.3 is 28.4 Å². The topological polar surface area (TPSA) is 55.4 Å². The third-order valence-corrected chi connectivity index (χ3v) is 6.94. The molecule has 0 N–H and O–H groups in total. The molecular formula is C26H24Br2O6. The maximum absolute atomic E-state index is 5.79. The van der Waals surface area contributed by atoms with Crippen molar-refractivity contribution < 1.29 is 28.4 Å². The van der Waals surface area contributed by atoms with Crippen LogP contribution in [-0.2, 0) is 0 Å². The number of rotatable bonds is 7. The minimum Gasteiger partial charge on any atom is -0.496 e. The third-order valence-electron chi connectivity index (χ3n) is 5.76. The largest absolute Gasteiger partial charge is 0.496 e. The van der Waals surface area contributed by atoms with E-state index in [1.807, 2.05) is 24.3 Å². The lowest BCUT2D eigenvalue weighted by molar-refractivity contribution is 0.398. The average Bonchev–Trinajstić information content (AvgIpc) is 2.86. The van der Waals surface area contributed by atoms with E-state index in [9.17, 15) is 0 Å². The number of benzene rings is 4. The van der Waals surface area contributed by atoms with E-state index in [0.29, 0.717) is 34.5 Å². The van der Waals surface area contributed by atoms with Gasteiger partial charge in [-0.1, -0.05) is 0 Å². The van der Waals surface area contributed by atoms with Crippen molar-refractivity contribution in [2.24, 2.45) is 0 Å². The predicted molar refractivity (Wildman–Crippen MR) is 142 cm³/mol. The lowest BCUT2D eigenvalue weighted by Gasteiger charge is -2.18. The van der Waals surface area contributed by atoms with Crippen molar-refractivity contribution in [1.29, 1.82) is 0 Å². The normalized spacial score (nSPS) is 10.9. The van der Waals surface area contributed by atoms with Crippen molar-refractivity contribution in [1.82, 2.24) is 0 Å². The summed E-state index contributed by atoms with van der Waals surface area (Å²) in [5.74, 6) is 4.04. The van der Waals surface area contributed by atoms with Crippen LogP contribution in [0.25, 0.3) is 32.7 Å². The summed E-state index contributed by atoms with van der Waals surface area (Å²) in [5.41, 5.74) is 1.83. The highest BCUT2D eigenvalue weighted by Gasteiger charge is 2.21. The van der Waals surface area contributed by atoms with Gasteiger partial charge in [0.05, 0.1) is 62.4 Å². The standard InChI is InChI=1S/C26H24Br2O6/c1-29-19-11-17(27)25(33-5)23-15(19)7-13(9-21(23)31-3)14-8-16-20(30-2)12-18(28)26(34-6)24(16)22(10-14)32-4/h7-12H,1-6H3. The van der Waals surface area contributed by atoms with E-state index in [2.05, 4.69) is 44.0 Å². The molecule has 4 rings (SSSR count). The fourth-order valence-corrected chi connectivity index (χ4v) is 5.37. The highest BCUT2D eigenvalue weighted by atomic mass is 79.9. The fourth-order valence-electron chi connectivity index (χ4n) is 4.24. The van der Waals surface area contributed by atoms with Crippen LogP contribution in [0.3, 0.4) is 0 Å². The Balaban J connectivity index is 2.10. The van der Waals surface area contributed by atoms with Crippen LogP contribution in [0.4, 0.5) is 0 Å². The predicted octanol–water partition coefficient (Wildman–Crippen LogP) is 7.24. The molecule has 0 aromatic heterocycles. The van der Waals surface area contributed by atoms with Gasteiger partial charge in [0.2, 0.25) is 0 Å². The molecule has 0 unspecified atom stereocenters. The molecule has 4 aromatic rings. The van der Waals surface area contributed by atoms with Crippen molar-refractivity contribution in [3.05, 3.63) is 45.3 Å². The van der Waals surface area contributed by atoms with Crippen LogP contribution in [-0.4, -0.2) is 42.7 Å². The zero-order valence-corrected chi connectivity index (χ0v) is 22.8. The molecule has 0 amide bonds. The Bertz CT molecular complexity index is 1290. The number of fused-ring (bicyclic) bond motifs is 2. The molecule has 0 aliphatic rings. The van der Waals surface area contributed by atoms with E-state index in [1.165, 1.54) is 0 Å². The van der Waals surface area contributed by atoms with Crippen LogP contribution >= 0.6 is 31.9 Å². The first-order chi connectivity index (χ1) is 16.4. The molecule has 6 nitrogen and oxygen atoms in total. The van der Waals surface area contributed by atoms with Crippen LogP contribution in [0.1, 0.15) is 0 Å². The van der Waals surface area contributed by atoms with Crippen LogP contribution < -0.4 is 28.4 Å². The van der Waals surface area contributed by atoms with Gasteiger partial charge in [-0.3, -0.25) is 0 Å². The van der Waals surface area contributed by atoms with E-state index < -0.39 is 0 Å². The molecule has 178 valence electrons. The Hall–Kier alpha value is -2.84. The first-order valence-electron chi connectivity index (χ1n) is 10.3. The number of methoxy groups -OCH3 is 6. The summed E-state index contributed by atoms with van der Waals surface area (Å²) in [6, 6.07) is 11.8. The van der Waals surface area contributed by atoms with Gasteiger partial charge in [0, 0.05) is 10.8 Å². The van der Waals surface area contributed by atoms with Gasteiger partial charge in [0.15, 0.2) is 0 Å². The smallest absolute Gasteiger partial charge is 0.144 e. The number of ether oxygens (including phenoxy) is 6. The molecule has 4 aromatic carbocycles. The molecule has 34 heavy (non-hydrogen) atoms. The van der Waals surface area contributed by atoms with Gasteiger partial charge in [-0.15, -0.1) is 0 Å². The summed E-state index contributed by atoms with van der Waals surface area (Å²) in [4.78, 5) is 0. The highest BCUT2D eigenvalue weighted by Crippen LogP contribution is 2.49. The average molecular weight is 592 g/mol. The Morgan fingerprint density at radius 1 is 0.441 bits per heavy atom. The molecule has 0 spiro atoms. The number of hydrogen-bond acceptors (Lipinski definition) is 6. The summed E-state index contributed by atoms with van der Waals surface area (Å²) in [7, 11) is 9.81. The summed E-state index contributed by atoms with van der Waals surface area (Å²) in [6.45, 7) is 0. The SMILES string of the molecule is COc1cc(Br)c(OC)c2c(OC)cc(-c3cc(OC)c4c(OC)c(Br)cc(OC)c4c3)cc12. The van der Waals surface area contributed by atoms with Crippen molar-refractivity contribution >= 4 is 53.4 Å². The Kier molecular flexibility index (Phi) is 7.00. The van der Waals surface area contributed by atoms with E-state index >= 15 is 0 Å². The summed E-state index contributed by atoms with van der Waals surface area (Å²) in [6.07, 6.45) is 0. The van der Waals surface area contributed by atoms with E-state index in [-0.39, 0.29) is 0 Å². The second kappa shape index (κ2) is 9.80. The van der Waals surface area contributed by atoms with E-state index in [0.717, 1.165) is 41.6 Å². The molecule has 0 bridgehead atoms. The Morgan fingerprint density at radius 3 is 1.09 bits per heavy atom. The summed E-state index contributed by atoms with van der Waals surface area (Å²) < 4.78 is 35.8. The van der Waals surface area contributed by atoms with Crippen molar-refractivity contribution in [3.63, 3.8) is 0 Å². The molecule has 0 fully saturated rings. The molecule has 0 aliphatic heterocycles. The zero-order chi connectivity index (χ0) is 24.6.